The lowest BCUT2D eigenvalue weighted by molar-refractivity contribution is 0.296. The van der Waals surface area contributed by atoms with E-state index in [1.165, 1.54) is 0 Å². The summed E-state index contributed by atoms with van der Waals surface area (Å²) in [6.07, 6.45) is 3.63. The van der Waals surface area contributed by atoms with Crippen LogP contribution in [0.3, 0.4) is 0 Å². The van der Waals surface area contributed by atoms with Crippen molar-refractivity contribution in [1.82, 2.24) is 0 Å². The Bertz CT molecular complexity index is 3040. The molecule has 282 valence electrons. The Balaban J connectivity index is 1.29. The van der Waals surface area contributed by atoms with Gasteiger partial charge >= 0.3 is 16.9 Å². The standard InChI is InChI=1S/C49H38O8/c1-3-5-19-53-34-24-45(54-20-6-4-2)42-28-39(49(52)57-46(42)25-34)33-22-31(37-26-40-35-13-9-7-11-29(35)15-17-43(40)55-47(37)50)21-32(23-33)38-27-41-36-14-10-8-12-30(36)16-18-44(41)56-48(38)51/h7-18,21-28H,3-6,19-20H2,1-2H3. The van der Waals surface area contributed by atoms with Gasteiger partial charge in [-0.25, -0.2) is 14.4 Å². The van der Waals surface area contributed by atoms with Crippen molar-refractivity contribution >= 4 is 54.5 Å². The Labute approximate surface area is 326 Å². The molecule has 3 aromatic heterocycles. The zero-order chi connectivity index (χ0) is 39.0. The normalized spacial score (nSPS) is 11.6. The Morgan fingerprint density at radius 1 is 0.439 bits per heavy atom. The van der Waals surface area contributed by atoms with Gasteiger partial charge in [-0.05, 0) is 99.6 Å². The molecular weight excluding hydrogens is 717 g/mol. The summed E-state index contributed by atoms with van der Waals surface area (Å²) in [7, 11) is 0. The minimum Gasteiger partial charge on any atom is -0.493 e. The third-order valence-electron chi connectivity index (χ3n) is 10.5. The first-order valence-electron chi connectivity index (χ1n) is 19.3. The molecule has 0 spiro atoms. The second-order valence-corrected chi connectivity index (χ2v) is 14.3. The summed E-state index contributed by atoms with van der Waals surface area (Å²) in [6, 6.07) is 37.3. The fourth-order valence-corrected chi connectivity index (χ4v) is 7.47. The van der Waals surface area contributed by atoms with Crippen LogP contribution in [0.2, 0.25) is 0 Å². The van der Waals surface area contributed by atoms with E-state index in [0.29, 0.717) is 63.5 Å². The molecule has 0 aliphatic rings. The quantitative estimate of drug-likeness (QED) is 0.0729. The predicted molar refractivity (Wildman–Crippen MR) is 227 cm³/mol. The monoisotopic (exact) mass is 754 g/mol. The Hall–Kier alpha value is -6.93. The summed E-state index contributed by atoms with van der Waals surface area (Å²) < 4.78 is 30.1. The molecule has 3 heterocycles. The highest BCUT2D eigenvalue weighted by atomic mass is 16.5. The summed E-state index contributed by atoms with van der Waals surface area (Å²) in [6.45, 7) is 5.17. The molecule has 6 aromatic carbocycles. The average molecular weight is 755 g/mol. The van der Waals surface area contributed by atoms with E-state index in [0.717, 1.165) is 58.0 Å². The van der Waals surface area contributed by atoms with E-state index in [4.69, 9.17) is 22.7 Å². The molecule has 0 radical (unpaired) electrons. The van der Waals surface area contributed by atoms with Crippen molar-refractivity contribution in [3.8, 4) is 44.9 Å². The van der Waals surface area contributed by atoms with E-state index < -0.39 is 16.9 Å². The third kappa shape index (κ3) is 6.73. The van der Waals surface area contributed by atoms with E-state index in [1.807, 2.05) is 78.9 Å². The Morgan fingerprint density at radius 3 is 1.40 bits per heavy atom. The molecular formula is C49H38O8. The van der Waals surface area contributed by atoms with Crippen LogP contribution in [0.4, 0.5) is 0 Å². The highest BCUT2D eigenvalue weighted by molar-refractivity contribution is 6.08. The largest absolute Gasteiger partial charge is 0.493 e. The molecule has 9 aromatic rings. The Morgan fingerprint density at radius 2 is 0.895 bits per heavy atom. The van der Waals surface area contributed by atoms with Crippen molar-refractivity contribution in [1.29, 1.82) is 0 Å². The summed E-state index contributed by atoms with van der Waals surface area (Å²) in [5.41, 5.74) is 1.55. The minimum absolute atomic E-state index is 0.219. The van der Waals surface area contributed by atoms with Crippen molar-refractivity contribution in [2.75, 3.05) is 13.2 Å². The van der Waals surface area contributed by atoms with E-state index in [-0.39, 0.29) is 16.7 Å². The molecule has 0 saturated heterocycles. The first-order valence-corrected chi connectivity index (χ1v) is 19.3. The predicted octanol–water partition coefficient (Wildman–Crippen LogP) is 11.7. The molecule has 0 aliphatic carbocycles. The highest BCUT2D eigenvalue weighted by Gasteiger charge is 2.20. The van der Waals surface area contributed by atoms with Crippen LogP contribution in [0.25, 0.3) is 87.8 Å². The van der Waals surface area contributed by atoms with Gasteiger partial charge in [0.05, 0.1) is 35.3 Å². The number of benzene rings is 6. The molecule has 9 rings (SSSR count). The fourth-order valence-electron chi connectivity index (χ4n) is 7.47. The van der Waals surface area contributed by atoms with Gasteiger partial charge in [-0.1, -0.05) is 87.4 Å². The van der Waals surface area contributed by atoms with Gasteiger partial charge in [-0.3, -0.25) is 0 Å². The number of hydrogen-bond donors (Lipinski definition) is 0. The molecule has 0 amide bonds. The molecule has 0 aliphatic heterocycles. The van der Waals surface area contributed by atoms with Crippen LogP contribution in [0.5, 0.6) is 11.5 Å². The van der Waals surface area contributed by atoms with Crippen molar-refractivity contribution in [2.24, 2.45) is 0 Å². The van der Waals surface area contributed by atoms with Crippen molar-refractivity contribution in [3.63, 3.8) is 0 Å². The van der Waals surface area contributed by atoms with E-state index in [2.05, 4.69) is 13.8 Å². The lowest BCUT2D eigenvalue weighted by Gasteiger charge is -2.14. The number of fused-ring (bicyclic) bond motifs is 7. The van der Waals surface area contributed by atoms with Crippen molar-refractivity contribution < 1.29 is 22.7 Å². The van der Waals surface area contributed by atoms with Gasteiger partial charge in [0.2, 0.25) is 0 Å². The smallest absolute Gasteiger partial charge is 0.344 e. The molecule has 8 nitrogen and oxygen atoms in total. The van der Waals surface area contributed by atoms with E-state index in [9.17, 15) is 14.4 Å². The van der Waals surface area contributed by atoms with Gasteiger partial charge in [0.25, 0.3) is 0 Å². The zero-order valence-corrected chi connectivity index (χ0v) is 31.6. The van der Waals surface area contributed by atoms with Crippen molar-refractivity contribution in [3.05, 3.63) is 153 Å². The maximum atomic E-state index is 14.0. The van der Waals surface area contributed by atoms with Crippen LogP contribution in [0.15, 0.2) is 149 Å². The van der Waals surface area contributed by atoms with Crippen LogP contribution < -0.4 is 26.4 Å². The molecule has 8 heteroatoms. The van der Waals surface area contributed by atoms with Gasteiger partial charge < -0.3 is 22.7 Å². The topological polar surface area (TPSA) is 109 Å². The molecule has 0 N–H and O–H groups in total. The highest BCUT2D eigenvalue weighted by Crippen LogP contribution is 2.37. The van der Waals surface area contributed by atoms with Gasteiger partial charge in [-0.2, -0.15) is 0 Å². The summed E-state index contributed by atoms with van der Waals surface area (Å²) in [4.78, 5) is 41.7. The zero-order valence-electron chi connectivity index (χ0n) is 31.6. The van der Waals surface area contributed by atoms with Gasteiger partial charge in [0, 0.05) is 22.9 Å². The van der Waals surface area contributed by atoms with Gasteiger partial charge in [-0.15, -0.1) is 0 Å². The van der Waals surface area contributed by atoms with Crippen LogP contribution in [-0.2, 0) is 0 Å². The molecule has 0 bridgehead atoms. The minimum atomic E-state index is -0.608. The summed E-state index contributed by atoms with van der Waals surface area (Å²) in [5.74, 6) is 1.08. The van der Waals surface area contributed by atoms with E-state index >= 15 is 0 Å². The fraction of sp³-hybridized carbons (Fsp3) is 0.163. The summed E-state index contributed by atoms with van der Waals surface area (Å²) >= 11 is 0. The molecule has 0 saturated carbocycles. The lowest BCUT2D eigenvalue weighted by Crippen LogP contribution is -2.08. The second kappa shape index (κ2) is 15.0. The Kier molecular flexibility index (Phi) is 9.38. The second-order valence-electron chi connectivity index (χ2n) is 14.3. The lowest BCUT2D eigenvalue weighted by atomic mass is 9.93. The molecule has 0 fully saturated rings. The number of unbranched alkanes of at least 4 members (excludes halogenated alkanes) is 2. The van der Waals surface area contributed by atoms with Crippen LogP contribution >= 0.6 is 0 Å². The van der Waals surface area contributed by atoms with Gasteiger partial charge in [0.1, 0.15) is 28.2 Å². The third-order valence-corrected chi connectivity index (χ3v) is 10.5. The first kappa shape index (κ1) is 35.8. The average Bonchev–Trinajstić information content (AvgIpc) is 3.22. The first-order chi connectivity index (χ1) is 27.9. The van der Waals surface area contributed by atoms with Crippen LogP contribution in [0.1, 0.15) is 39.5 Å². The van der Waals surface area contributed by atoms with E-state index in [1.54, 1.807) is 42.5 Å². The van der Waals surface area contributed by atoms with Crippen LogP contribution in [-0.4, -0.2) is 13.2 Å². The van der Waals surface area contributed by atoms with Gasteiger partial charge in [0.15, 0.2) is 0 Å². The summed E-state index contributed by atoms with van der Waals surface area (Å²) in [5, 5.41) is 5.91. The molecule has 57 heavy (non-hydrogen) atoms. The SMILES string of the molecule is CCCCOc1cc(OCCCC)c2cc(-c3cc(-c4cc5c(ccc6ccccc65)oc4=O)cc(-c4cc5c(ccc6ccccc65)oc4=O)c3)c(=O)oc2c1. The number of hydrogen-bond acceptors (Lipinski definition) is 8. The molecule has 0 atom stereocenters. The van der Waals surface area contributed by atoms with Crippen molar-refractivity contribution in [2.45, 2.75) is 39.5 Å². The maximum Gasteiger partial charge on any atom is 0.344 e. The maximum absolute atomic E-state index is 14.0. The number of ether oxygens (including phenoxy) is 2. The number of rotatable bonds is 11. The molecule has 0 unspecified atom stereocenters. The van der Waals surface area contributed by atoms with Crippen LogP contribution in [0, 0.1) is 0 Å².